The number of nitrogens with zero attached hydrogens (tertiary/aromatic N) is 1. The predicted octanol–water partition coefficient (Wildman–Crippen LogP) is -3.26. The van der Waals surface area contributed by atoms with E-state index in [2.05, 4.69) is 0 Å². The first-order valence-corrected chi connectivity index (χ1v) is 5.67. The minimum Gasteiger partial charge on any atom is -0.479 e. The number of hydrogen-bond acceptors (Lipinski definition) is 7. The highest BCUT2D eigenvalue weighted by Gasteiger charge is 2.48. The highest BCUT2D eigenvalue weighted by atomic mass is 19.1. The van der Waals surface area contributed by atoms with Gasteiger partial charge in [0.25, 0.3) is 5.56 Å². The van der Waals surface area contributed by atoms with Crippen LogP contribution in [0.15, 0.2) is 15.8 Å². The summed E-state index contributed by atoms with van der Waals surface area (Å²) in [6.07, 6.45) is -9.17. The first kappa shape index (κ1) is 15.3. The lowest BCUT2D eigenvalue weighted by atomic mass is 9.98. The van der Waals surface area contributed by atoms with Crippen LogP contribution in [0.4, 0.5) is 4.39 Å². The molecule has 11 heteroatoms. The van der Waals surface area contributed by atoms with Crippen molar-refractivity contribution in [1.29, 1.82) is 0 Å². The molecule has 1 saturated heterocycles. The van der Waals surface area contributed by atoms with Crippen molar-refractivity contribution in [2.24, 2.45) is 0 Å². The van der Waals surface area contributed by atoms with E-state index >= 15 is 0 Å². The Morgan fingerprint density at radius 1 is 1.24 bits per heavy atom. The normalized spacial score (nSPS) is 32.9. The van der Waals surface area contributed by atoms with Crippen molar-refractivity contribution >= 4 is 5.97 Å². The molecule has 1 aromatic heterocycles. The Kier molecular flexibility index (Phi) is 3.91. The summed E-state index contributed by atoms with van der Waals surface area (Å²) in [5.41, 5.74) is -2.49. The molecule has 1 aromatic rings. The maximum atomic E-state index is 13.2. The minimum atomic E-state index is -1.95. The van der Waals surface area contributed by atoms with Gasteiger partial charge < -0.3 is 25.2 Å². The van der Waals surface area contributed by atoms with E-state index in [0.717, 1.165) is 0 Å². The van der Waals surface area contributed by atoms with Crippen LogP contribution in [-0.4, -0.2) is 60.4 Å². The molecule has 0 saturated carbocycles. The number of carboxylic acids is 1. The molecule has 1 aliphatic rings. The monoisotopic (exact) mass is 306 g/mol. The van der Waals surface area contributed by atoms with E-state index in [9.17, 15) is 34.1 Å². The summed E-state index contributed by atoms with van der Waals surface area (Å²) in [5, 5.41) is 37.7. The fourth-order valence-corrected chi connectivity index (χ4v) is 1.95. The lowest BCUT2D eigenvalue weighted by molar-refractivity contribution is -0.247. The first-order chi connectivity index (χ1) is 9.73. The third-order valence-electron chi connectivity index (χ3n) is 3.03. The number of carbonyl (C=O) groups is 1. The number of halogens is 1. The van der Waals surface area contributed by atoms with Gasteiger partial charge in [0.05, 0.1) is 6.20 Å². The molecular formula is C10H11FN2O8. The van der Waals surface area contributed by atoms with Crippen LogP contribution in [0.3, 0.4) is 0 Å². The largest absolute Gasteiger partial charge is 0.479 e. The molecule has 0 amide bonds. The molecular weight excluding hydrogens is 295 g/mol. The molecule has 2 rings (SSSR count). The Balaban J connectivity index is 2.47. The van der Waals surface area contributed by atoms with Crippen LogP contribution >= 0.6 is 0 Å². The van der Waals surface area contributed by atoms with Crippen LogP contribution in [0, 0.1) is 5.82 Å². The minimum absolute atomic E-state index is 0.381. The van der Waals surface area contributed by atoms with Crippen LogP contribution in [0.25, 0.3) is 0 Å². The number of aliphatic hydroxyl groups is 3. The molecule has 0 bridgehead atoms. The average molecular weight is 306 g/mol. The standard InChI is InChI=1S/C10H11FN2O8/c11-2-1-13(10(20)12-7(2)17)8-5(16)3(14)4(15)6(21-8)9(18)19/h1,3-6,8,14-16H,(H,18,19)(H,12,17,20). The summed E-state index contributed by atoms with van der Waals surface area (Å²) >= 11 is 0. The second kappa shape index (κ2) is 5.37. The second-order valence-electron chi connectivity index (χ2n) is 4.40. The van der Waals surface area contributed by atoms with Crippen molar-refractivity contribution in [2.75, 3.05) is 0 Å². The predicted molar refractivity (Wildman–Crippen MR) is 60.8 cm³/mol. The number of aliphatic hydroxyl groups excluding tert-OH is 3. The molecule has 0 aliphatic carbocycles. The van der Waals surface area contributed by atoms with Gasteiger partial charge in [-0.25, -0.2) is 9.59 Å². The third-order valence-corrected chi connectivity index (χ3v) is 3.03. The molecule has 1 aliphatic heterocycles. The molecule has 1 fully saturated rings. The lowest BCUT2D eigenvalue weighted by Crippen LogP contribution is -2.59. The Hall–Kier alpha value is -2.08. The summed E-state index contributed by atoms with van der Waals surface area (Å²) in [7, 11) is 0. The fraction of sp³-hybridized carbons (Fsp3) is 0.500. The highest BCUT2D eigenvalue weighted by Crippen LogP contribution is 2.27. The van der Waals surface area contributed by atoms with Gasteiger partial charge in [0.15, 0.2) is 12.3 Å². The van der Waals surface area contributed by atoms with Crippen molar-refractivity contribution in [1.82, 2.24) is 9.55 Å². The van der Waals surface area contributed by atoms with Crippen LogP contribution in [-0.2, 0) is 9.53 Å². The number of carboxylic acid groups (broad SMARTS) is 1. The van der Waals surface area contributed by atoms with E-state index in [4.69, 9.17) is 9.84 Å². The number of H-pyrrole nitrogens is 1. The van der Waals surface area contributed by atoms with Crippen LogP contribution in [0.1, 0.15) is 6.23 Å². The van der Waals surface area contributed by atoms with Gasteiger partial charge in [0.2, 0.25) is 5.82 Å². The van der Waals surface area contributed by atoms with Crippen molar-refractivity contribution in [2.45, 2.75) is 30.6 Å². The number of ether oxygens (including phenoxy) is 1. The van der Waals surface area contributed by atoms with E-state index in [-0.39, 0.29) is 0 Å². The van der Waals surface area contributed by atoms with Gasteiger partial charge in [-0.05, 0) is 0 Å². The van der Waals surface area contributed by atoms with Gasteiger partial charge in [-0.1, -0.05) is 0 Å². The molecule has 0 spiro atoms. The summed E-state index contributed by atoms with van der Waals surface area (Å²) in [4.78, 5) is 35.0. The van der Waals surface area contributed by atoms with E-state index in [0.29, 0.717) is 10.8 Å². The van der Waals surface area contributed by atoms with Crippen molar-refractivity contribution in [3.8, 4) is 0 Å². The topological polar surface area (TPSA) is 162 Å². The first-order valence-electron chi connectivity index (χ1n) is 5.67. The molecule has 2 heterocycles. The molecule has 5 N–H and O–H groups in total. The average Bonchev–Trinajstić information content (AvgIpc) is 2.41. The molecule has 5 atom stereocenters. The molecule has 5 unspecified atom stereocenters. The van der Waals surface area contributed by atoms with Crippen LogP contribution < -0.4 is 11.2 Å². The summed E-state index contributed by atoms with van der Waals surface area (Å²) < 4.78 is 18.4. The summed E-state index contributed by atoms with van der Waals surface area (Å²) in [6.45, 7) is 0. The zero-order valence-corrected chi connectivity index (χ0v) is 10.2. The van der Waals surface area contributed by atoms with Crippen LogP contribution in [0.5, 0.6) is 0 Å². The highest BCUT2D eigenvalue weighted by molar-refractivity contribution is 5.73. The van der Waals surface area contributed by atoms with Crippen molar-refractivity contribution in [3.05, 3.63) is 32.9 Å². The van der Waals surface area contributed by atoms with E-state index in [1.165, 1.54) is 0 Å². The van der Waals surface area contributed by atoms with Gasteiger partial charge in [-0.2, -0.15) is 4.39 Å². The molecule has 0 radical (unpaired) electrons. The van der Waals surface area contributed by atoms with Crippen molar-refractivity contribution < 1.29 is 34.3 Å². The van der Waals surface area contributed by atoms with Crippen LogP contribution in [0.2, 0.25) is 0 Å². The smallest absolute Gasteiger partial charge is 0.335 e. The SMILES string of the molecule is O=C(O)C1OC(n2cc(F)c(=O)[nH]c2=O)C(O)C(O)C1O. The maximum Gasteiger partial charge on any atom is 0.335 e. The zero-order chi connectivity index (χ0) is 15.9. The molecule has 10 nitrogen and oxygen atoms in total. The Labute approximate surface area is 114 Å². The quantitative estimate of drug-likeness (QED) is 0.380. The lowest BCUT2D eigenvalue weighted by Gasteiger charge is -2.39. The molecule has 116 valence electrons. The van der Waals surface area contributed by atoms with Gasteiger partial charge in [0.1, 0.15) is 18.3 Å². The number of aliphatic carboxylic acids is 1. The number of hydrogen-bond donors (Lipinski definition) is 5. The fourth-order valence-electron chi connectivity index (χ4n) is 1.95. The van der Waals surface area contributed by atoms with Gasteiger partial charge in [-0.3, -0.25) is 14.3 Å². The summed E-state index contributed by atoms with van der Waals surface area (Å²) in [6, 6.07) is 0. The maximum absolute atomic E-state index is 13.2. The zero-order valence-electron chi connectivity index (χ0n) is 10.2. The van der Waals surface area contributed by atoms with E-state index in [1.54, 1.807) is 4.98 Å². The Morgan fingerprint density at radius 3 is 2.43 bits per heavy atom. The van der Waals surface area contributed by atoms with Gasteiger partial charge in [0, 0.05) is 0 Å². The summed E-state index contributed by atoms with van der Waals surface area (Å²) in [5.74, 6) is -3.03. The number of aromatic amines is 1. The number of rotatable bonds is 2. The van der Waals surface area contributed by atoms with Gasteiger partial charge in [-0.15, -0.1) is 0 Å². The Bertz CT molecular complexity index is 670. The second-order valence-corrected chi connectivity index (χ2v) is 4.40. The Morgan fingerprint density at radius 2 is 1.86 bits per heavy atom. The molecule has 0 aromatic carbocycles. The molecule has 21 heavy (non-hydrogen) atoms. The van der Waals surface area contributed by atoms with E-state index < -0.39 is 53.7 Å². The van der Waals surface area contributed by atoms with Crippen molar-refractivity contribution in [3.63, 3.8) is 0 Å². The number of aromatic nitrogens is 2. The van der Waals surface area contributed by atoms with Gasteiger partial charge >= 0.3 is 11.7 Å². The third kappa shape index (κ3) is 2.58. The number of nitrogens with one attached hydrogen (secondary N) is 1. The van der Waals surface area contributed by atoms with E-state index in [1.807, 2.05) is 0 Å².